The van der Waals surface area contributed by atoms with Crippen LogP contribution in [0.1, 0.15) is 19.4 Å². The Morgan fingerprint density at radius 3 is 2.38 bits per heavy atom. The number of thioether (sulfide) groups is 1. The number of hydrogen-bond donors (Lipinski definition) is 1. The molecule has 3 aromatic rings. The van der Waals surface area contributed by atoms with Crippen LogP contribution in [0.2, 0.25) is 0 Å². The molecule has 0 aliphatic heterocycles. The number of aromatic nitrogens is 1. The molecule has 2 aromatic carbocycles. The smallest absolute Gasteiger partial charge is 0.230 e. The van der Waals surface area contributed by atoms with Crippen LogP contribution in [0.4, 0.5) is 0 Å². The molecule has 0 unspecified atom stereocenters. The van der Waals surface area contributed by atoms with E-state index in [-0.39, 0.29) is 38.6 Å². The molecular weight excluding hydrogens is 408 g/mol. The molecule has 0 saturated heterocycles. The molecule has 0 fully saturated rings. The van der Waals surface area contributed by atoms with E-state index < -0.39 is 9.84 Å². The molecule has 0 aliphatic carbocycles. The predicted octanol–water partition coefficient (Wildman–Crippen LogP) is 4.10. The third-order valence-electron chi connectivity index (χ3n) is 3.96. The van der Waals surface area contributed by atoms with E-state index in [4.69, 9.17) is 4.42 Å². The van der Waals surface area contributed by atoms with Crippen LogP contribution in [0.25, 0.3) is 11.5 Å². The molecule has 8 heteroatoms. The average Bonchev–Trinajstić information content (AvgIpc) is 3.12. The van der Waals surface area contributed by atoms with Gasteiger partial charge >= 0.3 is 0 Å². The van der Waals surface area contributed by atoms with Gasteiger partial charge in [0.2, 0.25) is 31.8 Å². The molecule has 6 nitrogen and oxygen atoms in total. The Morgan fingerprint density at radius 2 is 1.76 bits per heavy atom. The lowest BCUT2D eigenvalue weighted by atomic mass is 10.2. The second kappa shape index (κ2) is 8.84. The molecule has 0 bridgehead atoms. The first-order chi connectivity index (χ1) is 13.8. The summed E-state index contributed by atoms with van der Waals surface area (Å²) in [6.07, 6.45) is 0. The van der Waals surface area contributed by atoms with E-state index in [0.717, 1.165) is 17.3 Å². The quantitative estimate of drug-likeness (QED) is 0.568. The van der Waals surface area contributed by atoms with Crippen molar-refractivity contribution in [2.75, 3.05) is 5.75 Å². The number of rotatable bonds is 7. The van der Waals surface area contributed by atoms with Crippen LogP contribution < -0.4 is 5.32 Å². The summed E-state index contributed by atoms with van der Waals surface area (Å²) < 4.78 is 32.2. The molecule has 152 valence electrons. The first-order valence-corrected chi connectivity index (χ1v) is 11.5. The molecular formula is C21H22N2O4S2. The molecule has 0 saturated carbocycles. The largest absolute Gasteiger partial charge is 0.428 e. The van der Waals surface area contributed by atoms with Gasteiger partial charge < -0.3 is 9.73 Å². The topological polar surface area (TPSA) is 89.3 Å². The van der Waals surface area contributed by atoms with Crippen molar-refractivity contribution in [1.29, 1.82) is 0 Å². The standard InChI is InChI=1S/C21H22N2O4S2/c1-14(2)22-18(24)13-28-21-20(23-19(27-21)16-7-5-4-6-8-16)29(25,26)17-11-9-15(3)10-12-17/h4-12,14H,13H2,1-3H3,(H,22,24). The Morgan fingerprint density at radius 1 is 1.10 bits per heavy atom. The van der Waals surface area contributed by atoms with Crippen molar-refractivity contribution in [3.63, 3.8) is 0 Å². The van der Waals surface area contributed by atoms with Gasteiger partial charge in [0.25, 0.3) is 0 Å². The normalized spacial score (nSPS) is 11.6. The zero-order valence-corrected chi connectivity index (χ0v) is 18.0. The number of carbonyl (C=O) groups is 1. The predicted molar refractivity (Wildman–Crippen MR) is 113 cm³/mol. The molecule has 1 amide bonds. The summed E-state index contributed by atoms with van der Waals surface area (Å²) >= 11 is 1.02. The number of benzene rings is 2. The lowest BCUT2D eigenvalue weighted by Crippen LogP contribution is -2.31. The summed E-state index contributed by atoms with van der Waals surface area (Å²) in [6, 6.07) is 15.6. The van der Waals surface area contributed by atoms with Gasteiger partial charge in [-0.3, -0.25) is 4.79 Å². The molecule has 1 aromatic heterocycles. The molecule has 0 spiro atoms. The fraction of sp³-hybridized carbons (Fsp3) is 0.238. The zero-order valence-electron chi connectivity index (χ0n) is 16.4. The summed E-state index contributed by atoms with van der Waals surface area (Å²) in [5.41, 5.74) is 1.61. The van der Waals surface area contributed by atoms with Crippen LogP contribution in [0, 0.1) is 6.92 Å². The third-order valence-corrected chi connectivity index (χ3v) is 6.71. The highest BCUT2D eigenvalue weighted by atomic mass is 32.2. The van der Waals surface area contributed by atoms with Crippen molar-refractivity contribution in [2.24, 2.45) is 0 Å². The minimum absolute atomic E-state index is 0.00605. The van der Waals surface area contributed by atoms with Gasteiger partial charge in [-0.15, -0.1) is 0 Å². The molecule has 1 N–H and O–H groups in total. The van der Waals surface area contributed by atoms with Crippen molar-refractivity contribution < 1.29 is 17.6 Å². The lowest BCUT2D eigenvalue weighted by molar-refractivity contribution is -0.119. The number of hydrogen-bond acceptors (Lipinski definition) is 6. The van der Waals surface area contributed by atoms with E-state index in [1.165, 1.54) is 0 Å². The average molecular weight is 431 g/mol. The van der Waals surface area contributed by atoms with E-state index in [2.05, 4.69) is 10.3 Å². The second-order valence-corrected chi connectivity index (χ2v) is 9.62. The maximum absolute atomic E-state index is 13.2. The summed E-state index contributed by atoms with van der Waals surface area (Å²) in [7, 11) is -3.90. The monoisotopic (exact) mass is 430 g/mol. The maximum atomic E-state index is 13.2. The van der Waals surface area contributed by atoms with Gasteiger partial charge in [0.1, 0.15) is 0 Å². The summed E-state index contributed by atoms with van der Waals surface area (Å²) in [5, 5.41) is 2.70. The zero-order chi connectivity index (χ0) is 21.0. The summed E-state index contributed by atoms with van der Waals surface area (Å²) in [5.74, 6) is 0.0160. The highest BCUT2D eigenvalue weighted by Gasteiger charge is 2.29. The Hall–Kier alpha value is -2.58. The minimum atomic E-state index is -3.90. The Labute approximate surface area is 174 Å². The van der Waals surface area contributed by atoms with Gasteiger partial charge in [-0.05, 0) is 45.0 Å². The SMILES string of the molecule is Cc1ccc(S(=O)(=O)c2nc(-c3ccccc3)oc2SCC(=O)NC(C)C)cc1. The highest BCUT2D eigenvalue weighted by molar-refractivity contribution is 8.00. The first-order valence-electron chi connectivity index (χ1n) is 9.07. The summed E-state index contributed by atoms with van der Waals surface area (Å²) in [6.45, 7) is 5.60. The van der Waals surface area contributed by atoms with E-state index in [9.17, 15) is 13.2 Å². The van der Waals surface area contributed by atoms with Crippen LogP contribution >= 0.6 is 11.8 Å². The fourth-order valence-electron chi connectivity index (χ4n) is 2.58. The third kappa shape index (κ3) is 5.07. The minimum Gasteiger partial charge on any atom is -0.428 e. The van der Waals surface area contributed by atoms with Gasteiger partial charge in [0.05, 0.1) is 10.6 Å². The van der Waals surface area contributed by atoms with Crippen LogP contribution in [-0.4, -0.2) is 31.1 Å². The van der Waals surface area contributed by atoms with Crippen molar-refractivity contribution in [3.05, 3.63) is 60.2 Å². The number of amides is 1. The first kappa shape index (κ1) is 21.1. The van der Waals surface area contributed by atoms with Gasteiger partial charge in [-0.1, -0.05) is 47.7 Å². The van der Waals surface area contributed by atoms with Gasteiger partial charge in [-0.2, -0.15) is 4.98 Å². The molecule has 0 aliphatic rings. The van der Waals surface area contributed by atoms with Crippen LogP contribution in [-0.2, 0) is 14.6 Å². The number of sulfone groups is 1. The molecule has 1 heterocycles. The number of aryl methyl sites for hydroxylation is 1. The van der Waals surface area contributed by atoms with Crippen molar-refractivity contribution in [1.82, 2.24) is 10.3 Å². The van der Waals surface area contributed by atoms with Crippen molar-refractivity contribution in [3.8, 4) is 11.5 Å². The van der Waals surface area contributed by atoms with E-state index in [1.807, 2.05) is 39.0 Å². The Balaban J connectivity index is 2.00. The Kier molecular flexibility index (Phi) is 6.44. The highest BCUT2D eigenvalue weighted by Crippen LogP contribution is 2.34. The van der Waals surface area contributed by atoms with Gasteiger partial charge in [0.15, 0.2) is 0 Å². The summed E-state index contributed by atoms with van der Waals surface area (Å²) in [4.78, 5) is 16.4. The molecule has 3 rings (SSSR count). The lowest BCUT2D eigenvalue weighted by Gasteiger charge is -2.07. The molecule has 0 atom stereocenters. The van der Waals surface area contributed by atoms with Gasteiger partial charge in [0, 0.05) is 11.6 Å². The Bertz CT molecular complexity index is 1090. The maximum Gasteiger partial charge on any atom is 0.230 e. The number of nitrogens with one attached hydrogen (secondary N) is 1. The number of carbonyl (C=O) groups excluding carboxylic acids is 1. The van der Waals surface area contributed by atoms with Crippen molar-refractivity contribution in [2.45, 2.75) is 41.8 Å². The van der Waals surface area contributed by atoms with E-state index in [1.54, 1.807) is 36.4 Å². The van der Waals surface area contributed by atoms with Crippen LogP contribution in [0.5, 0.6) is 0 Å². The fourth-order valence-corrected chi connectivity index (χ4v) is 4.92. The van der Waals surface area contributed by atoms with Crippen molar-refractivity contribution >= 4 is 27.5 Å². The van der Waals surface area contributed by atoms with Gasteiger partial charge in [-0.25, -0.2) is 8.42 Å². The molecule has 0 radical (unpaired) electrons. The number of oxazole rings is 1. The second-order valence-electron chi connectivity index (χ2n) is 6.81. The van der Waals surface area contributed by atoms with Crippen LogP contribution in [0.15, 0.2) is 74.0 Å². The van der Waals surface area contributed by atoms with E-state index in [0.29, 0.717) is 5.56 Å². The molecule has 29 heavy (non-hydrogen) atoms. The number of nitrogens with zero attached hydrogens (tertiary/aromatic N) is 1. The van der Waals surface area contributed by atoms with E-state index >= 15 is 0 Å². The van der Waals surface area contributed by atoms with Crippen LogP contribution in [0.3, 0.4) is 0 Å².